The molecule has 1 aromatic heterocycles. The Hall–Kier alpha value is -1.87. The molecule has 0 spiro atoms. The van der Waals surface area contributed by atoms with Gasteiger partial charge in [0.1, 0.15) is 19.4 Å². The molecule has 144 valence electrons. The summed E-state index contributed by atoms with van der Waals surface area (Å²) in [4.78, 5) is 36.6. The van der Waals surface area contributed by atoms with Crippen molar-refractivity contribution >= 4 is 14.1 Å². The van der Waals surface area contributed by atoms with E-state index >= 15 is 0 Å². The van der Waals surface area contributed by atoms with Crippen molar-refractivity contribution in [2.45, 2.75) is 45.6 Å². The fourth-order valence-electron chi connectivity index (χ4n) is 2.62. The zero-order chi connectivity index (χ0) is 19.3. The molecule has 1 aliphatic rings. The SMILES string of the molecule is CC(C)OC(=O)CN[P+](=O)OCC1CC(C)C(n2ccc(=O)[nH]c2=O)O1. The van der Waals surface area contributed by atoms with Crippen LogP contribution in [0.2, 0.25) is 0 Å². The van der Waals surface area contributed by atoms with E-state index in [0.717, 1.165) is 0 Å². The number of carbonyl (C=O) groups excluding carboxylic acids is 1. The maximum absolute atomic E-state index is 11.9. The molecule has 0 radical (unpaired) electrons. The number of carbonyl (C=O) groups is 1. The van der Waals surface area contributed by atoms with E-state index in [2.05, 4.69) is 10.1 Å². The lowest BCUT2D eigenvalue weighted by atomic mass is 10.1. The third-order valence-electron chi connectivity index (χ3n) is 3.68. The van der Waals surface area contributed by atoms with Gasteiger partial charge in [0.15, 0.2) is 0 Å². The lowest BCUT2D eigenvalue weighted by molar-refractivity contribution is -0.145. The highest BCUT2D eigenvalue weighted by Gasteiger charge is 2.36. The first-order chi connectivity index (χ1) is 12.3. The van der Waals surface area contributed by atoms with E-state index in [1.54, 1.807) is 13.8 Å². The maximum atomic E-state index is 11.9. The molecule has 0 aromatic carbocycles. The summed E-state index contributed by atoms with van der Waals surface area (Å²) < 4.78 is 29.0. The average molecular weight is 388 g/mol. The van der Waals surface area contributed by atoms with Gasteiger partial charge in [-0.3, -0.25) is 19.1 Å². The number of rotatable bonds is 8. The molecule has 11 heteroatoms. The Morgan fingerprint density at radius 3 is 2.88 bits per heavy atom. The van der Waals surface area contributed by atoms with Gasteiger partial charge in [-0.05, 0) is 24.8 Å². The first kappa shape index (κ1) is 20.4. The Bertz CT molecular complexity index is 760. The lowest BCUT2D eigenvalue weighted by Gasteiger charge is -2.17. The minimum Gasteiger partial charge on any atom is -0.462 e. The largest absolute Gasteiger partial charge is 0.613 e. The highest BCUT2D eigenvalue weighted by molar-refractivity contribution is 7.36. The van der Waals surface area contributed by atoms with Crippen molar-refractivity contribution in [1.82, 2.24) is 14.6 Å². The van der Waals surface area contributed by atoms with Gasteiger partial charge in [-0.25, -0.2) is 4.79 Å². The smallest absolute Gasteiger partial charge is 0.462 e. The van der Waals surface area contributed by atoms with Gasteiger partial charge in [0.25, 0.3) is 5.56 Å². The number of hydrogen-bond donors (Lipinski definition) is 2. The number of hydrogen-bond acceptors (Lipinski definition) is 7. The van der Waals surface area contributed by atoms with Gasteiger partial charge in [-0.2, -0.15) is 0 Å². The van der Waals surface area contributed by atoms with Gasteiger partial charge in [-0.15, -0.1) is 4.52 Å². The highest BCUT2D eigenvalue weighted by atomic mass is 31.1. The zero-order valence-electron chi connectivity index (χ0n) is 14.8. The van der Waals surface area contributed by atoms with E-state index in [4.69, 9.17) is 14.0 Å². The van der Waals surface area contributed by atoms with Gasteiger partial charge in [-0.1, -0.05) is 12.0 Å². The molecule has 2 N–H and O–H groups in total. The van der Waals surface area contributed by atoms with Gasteiger partial charge < -0.3 is 9.47 Å². The Labute approximate surface area is 150 Å². The van der Waals surface area contributed by atoms with Crippen molar-refractivity contribution in [1.29, 1.82) is 0 Å². The number of H-pyrrole nitrogens is 1. The quantitative estimate of drug-likeness (QED) is 0.491. The Kier molecular flexibility index (Phi) is 7.22. The van der Waals surface area contributed by atoms with Gasteiger partial charge in [0.05, 0.1) is 12.2 Å². The first-order valence-corrected chi connectivity index (χ1v) is 9.44. The lowest BCUT2D eigenvalue weighted by Crippen LogP contribution is -2.33. The summed E-state index contributed by atoms with van der Waals surface area (Å²) in [6.07, 6.45) is 0.824. The van der Waals surface area contributed by atoms with Crippen molar-refractivity contribution in [3.8, 4) is 0 Å². The van der Waals surface area contributed by atoms with Crippen LogP contribution in [0.15, 0.2) is 21.9 Å². The molecule has 4 atom stereocenters. The second-order valence-corrected chi connectivity index (χ2v) is 7.39. The molecule has 1 aliphatic heterocycles. The summed E-state index contributed by atoms with van der Waals surface area (Å²) in [6.45, 7) is 5.17. The van der Waals surface area contributed by atoms with Gasteiger partial charge in [0, 0.05) is 18.2 Å². The summed E-state index contributed by atoms with van der Waals surface area (Å²) in [5.74, 6) is -0.519. The van der Waals surface area contributed by atoms with Crippen LogP contribution in [0.25, 0.3) is 0 Å². The molecule has 0 saturated carbocycles. The molecule has 2 heterocycles. The molecule has 1 saturated heterocycles. The van der Waals surface area contributed by atoms with Crippen LogP contribution in [0.5, 0.6) is 0 Å². The number of nitrogens with zero attached hydrogens (tertiary/aromatic N) is 1. The topological polar surface area (TPSA) is 129 Å². The molecule has 0 amide bonds. The number of nitrogens with one attached hydrogen (secondary N) is 2. The van der Waals surface area contributed by atoms with E-state index in [9.17, 15) is 18.9 Å². The molecule has 0 aliphatic carbocycles. The fraction of sp³-hybridized carbons (Fsp3) is 0.667. The van der Waals surface area contributed by atoms with Crippen molar-refractivity contribution in [3.05, 3.63) is 33.1 Å². The molecular weight excluding hydrogens is 365 g/mol. The van der Waals surface area contributed by atoms with Crippen LogP contribution >= 0.6 is 8.18 Å². The predicted molar refractivity (Wildman–Crippen MR) is 91.8 cm³/mol. The van der Waals surface area contributed by atoms with Crippen molar-refractivity contribution in [3.63, 3.8) is 0 Å². The summed E-state index contributed by atoms with van der Waals surface area (Å²) >= 11 is 0. The zero-order valence-corrected chi connectivity index (χ0v) is 15.7. The van der Waals surface area contributed by atoms with E-state index in [-0.39, 0.29) is 31.3 Å². The van der Waals surface area contributed by atoms with Crippen LogP contribution in [0.4, 0.5) is 0 Å². The summed E-state index contributed by atoms with van der Waals surface area (Å²) in [5.41, 5.74) is -1.02. The Morgan fingerprint density at radius 1 is 1.50 bits per heavy atom. The third kappa shape index (κ3) is 5.84. The first-order valence-electron chi connectivity index (χ1n) is 8.26. The van der Waals surface area contributed by atoms with Crippen molar-refractivity contribution in [2.24, 2.45) is 5.92 Å². The van der Waals surface area contributed by atoms with E-state index < -0.39 is 31.6 Å². The molecule has 1 fully saturated rings. The number of ether oxygens (including phenoxy) is 2. The van der Waals surface area contributed by atoms with Crippen molar-refractivity contribution in [2.75, 3.05) is 13.2 Å². The number of aromatic nitrogens is 2. The number of esters is 1. The Morgan fingerprint density at radius 2 is 2.23 bits per heavy atom. The Balaban J connectivity index is 1.81. The average Bonchev–Trinajstić information content (AvgIpc) is 2.91. The summed E-state index contributed by atoms with van der Waals surface area (Å²) in [5, 5.41) is 2.44. The van der Waals surface area contributed by atoms with Gasteiger partial charge in [0.2, 0.25) is 0 Å². The van der Waals surface area contributed by atoms with Crippen LogP contribution in [0, 0.1) is 5.92 Å². The van der Waals surface area contributed by atoms with Crippen LogP contribution in [-0.4, -0.2) is 40.9 Å². The minimum absolute atomic E-state index is 0.000870. The van der Waals surface area contributed by atoms with Crippen molar-refractivity contribution < 1.29 is 23.4 Å². The second kappa shape index (κ2) is 9.18. The van der Waals surface area contributed by atoms with Crippen LogP contribution < -0.4 is 16.3 Å². The molecule has 10 nitrogen and oxygen atoms in total. The molecular formula is C15H23N3O7P+. The fourth-order valence-corrected chi connectivity index (χ4v) is 3.27. The standard InChI is InChI=1S/C15H22N3O7P/c1-9(2)24-13(20)7-16-26(22)23-8-11-6-10(3)14(25-11)18-5-4-12(19)17-15(18)21/h4-5,9-11,14H,6-8H2,1-3H3,(H-,16,17,19,21,22)/p+1. The molecule has 4 unspecified atom stereocenters. The van der Waals surface area contributed by atoms with Gasteiger partial charge >= 0.3 is 19.8 Å². The van der Waals surface area contributed by atoms with Crippen LogP contribution in [0.3, 0.4) is 0 Å². The molecule has 26 heavy (non-hydrogen) atoms. The van der Waals surface area contributed by atoms with E-state index in [1.807, 2.05) is 6.92 Å². The highest BCUT2D eigenvalue weighted by Crippen LogP contribution is 2.34. The molecule has 2 rings (SSSR count). The monoisotopic (exact) mass is 388 g/mol. The second-order valence-electron chi connectivity index (χ2n) is 6.31. The molecule has 1 aromatic rings. The molecule has 0 bridgehead atoms. The third-order valence-corrected chi connectivity index (χ3v) is 4.48. The normalized spacial score (nSPS) is 23.2. The minimum atomic E-state index is -2.24. The van der Waals surface area contributed by atoms with E-state index in [1.165, 1.54) is 16.8 Å². The maximum Gasteiger partial charge on any atom is 0.613 e. The summed E-state index contributed by atoms with van der Waals surface area (Å²) in [6, 6.07) is 1.25. The van der Waals surface area contributed by atoms with Crippen LogP contribution in [0.1, 0.15) is 33.4 Å². The van der Waals surface area contributed by atoms with E-state index in [0.29, 0.717) is 6.42 Å². The predicted octanol–water partition coefficient (Wildman–Crippen LogP) is 0.675. The number of aromatic amines is 1. The van der Waals surface area contributed by atoms with Crippen LogP contribution in [-0.2, 0) is 23.4 Å². The summed E-state index contributed by atoms with van der Waals surface area (Å²) in [7, 11) is -2.24.